The lowest BCUT2D eigenvalue weighted by molar-refractivity contribution is 0.329. The highest BCUT2D eigenvalue weighted by molar-refractivity contribution is 7.15. The minimum atomic E-state index is 0.247. The van der Waals surface area contributed by atoms with E-state index in [-0.39, 0.29) is 5.41 Å². The van der Waals surface area contributed by atoms with Gasteiger partial charge in [0, 0.05) is 24.5 Å². The molecule has 3 nitrogen and oxygen atoms in total. The summed E-state index contributed by atoms with van der Waals surface area (Å²) in [6.07, 6.45) is 0. The van der Waals surface area contributed by atoms with Crippen molar-refractivity contribution in [2.75, 3.05) is 11.9 Å². The van der Waals surface area contributed by atoms with E-state index in [2.05, 4.69) is 44.6 Å². The summed E-state index contributed by atoms with van der Waals surface area (Å²) in [5.41, 5.74) is 6.99. The third-order valence-corrected chi connectivity index (χ3v) is 4.47. The van der Waals surface area contributed by atoms with Crippen LogP contribution in [0.15, 0.2) is 0 Å². The van der Waals surface area contributed by atoms with Gasteiger partial charge in [-0.15, -0.1) is 11.3 Å². The average molecular weight is 241 g/mol. The van der Waals surface area contributed by atoms with E-state index >= 15 is 0 Å². The van der Waals surface area contributed by atoms with Crippen molar-refractivity contribution in [2.24, 2.45) is 11.1 Å². The quantitative estimate of drug-likeness (QED) is 0.885. The van der Waals surface area contributed by atoms with Gasteiger partial charge in [0.25, 0.3) is 0 Å². The number of aromatic nitrogens is 1. The Labute approximate surface area is 103 Å². The van der Waals surface area contributed by atoms with E-state index in [1.807, 2.05) is 6.92 Å². The summed E-state index contributed by atoms with van der Waals surface area (Å²) in [6, 6.07) is 0.448. The number of hydrogen-bond acceptors (Lipinski definition) is 4. The van der Waals surface area contributed by atoms with Crippen LogP contribution in [0.3, 0.4) is 0 Å². The number of thiazole rings is 1. The first-order valence-corrected chi connectivity index (χ1v) is 6.48. The first-order chi connectivity index (χ1) is 7.27. The molecule has 0 saturated carbocycles. The molecule has 0 aliphatic rings. The summed E-state index contributed by atoms with van der Waals surface area (Å²) in [6.45, 7) is 11.6. The van der Waals surface area contributed by atoms with Gasteiger partial charge in [-0.05, 0) is 19.3 Å². The highest BCUT2D eigenvalue weighted by atomic mass is 32.1. The molecule has 1 rings (SSSR count). The topological polar surface area (TPSA) is 42.2 Å². The van der Waals surface area contributed by atoms with Crippen LogP contribution in [0.25, 0.3) is 0 Å². The van der Waals surface area contributed by atoms with Crippen LogP contribution in [0.2, 0.25) is 0 Å². The van der Waals surface area contributed by atoms with E-state index in [0.29, 0.717) is 12.6 Å². The van der Waals surface area contributed by atoms with Gasteiger partial charge in [0.1, 0.15) is 0 Å². The van der Waals surface area contributed by atoms with Crippen molar-refractivity contribution in [1.29, 1.82) is 0 Å². The highest BCUT2D eigenvalue weighted by Crippen LogP contribution is 2.31. The summed E-state index contributed by atoms with van der Waals surface area (Å²) in [4.78, 5) is 8.01. The van der Waals surface area contributed by atoms with Crippen LogP contribution in [0, 0.1) is 12.3 Å². The van der Waals surface area contributed by atoms with Crippen molar-refractivity contribution >= 4 is 16.5 Å². The number of nitrogens with two attached hydrogens (primary N) is 1. The maximum Gasteiger partial charge on any atom is 0.185 e. The SMILES string of the molecule is Cc1nc(N(C)C(C)C(C)(C)C)sc1CN. The second-order valence-electron chi connectivity index (χ2n) is 5.36. The second-order valence-corrected chi connectivity index (χ2v) is 6.42. The van der Waals surface area contributed by atoms with Gasteiger partial charge in [-0.25, -0.2) is 4.98 Å². The van der Waals surface area contributed by atoms with Crippen molar-refractivity contribution in [3.63, 3.8) is 0 Å². The fraction of sp³-hybridized carbons (Fsp3) is 0.750. The van der Waals surface area contributed by atoms with Crippen molar-refractivity contribution in [3.8, 4) is 0 Å². The maximum atomic E-state index is 5.68. The molecule has 0 bridgehead atoms. The Morgan fingerprint density at radius 3 is 2.38 bits per heavy atom. The summed E-state index contributed by atoms with van der Waals surface area (Å²) >= 11 is 1.70. The van der Waals surface area contributed by atoms with Gasteiger partial charge in [0.15, 0.2) is 5.13 Å². The normalized spacial score (nSPS) is 13.9. The summed E-state index contributed by atoms with van der Waals surface area (Å²) in [5.74, 6) is 0. The number of nitrogens with zero attached hydrogens (tertiary/aromatic N) is 2. The standard InChI is InChI=1S/C12H23N3S/c1-8-10(7-13)16-11(14-8)15(6)9(2)12(3,4)5/h9H,7,13H2,1-6H3. The Morgan fingerprint density at radius 1 is 1.44 bits per heavy atom. The molecular weight excluding hydrogens is 218 g/mol. The van der Waals surface area contributed by atoms with Gasteiger partial charge >= 0.3 is 0 Å². The fourth-order valence-corrected chi connectivity index (χ4v) is 2.48. The molecule has 1 aromatic heterocycles. The lowest BCUT2D eigenvalue weighted by Crippen LogP contribution is -2.39. The Balaban J connectivity index is 2.92. The fourth-order valence-electron chi connectivity index (χ4n) is 1.50. The molecular formula is C12H23N3S. The van der Waals surface area contributed by atoms with Gasteiger partial charge in [-0.1, -0.05) is 20.8 Å². The van der Waals surface area contributed by atoms with Crippen LogP contribution >= 0.6 is 11.3 Å². The van der Waals surface area contributed by atoms with Crippen LogP contribution < -0.4 is 10.6 Å². The van der Waals surface area contributed by atoms with Crippen LogP contribution in [0.4, 0.5) is 5.13 Å². The molecule has 0 aliphatic heterocycles. The van der Waals surface area contributed by atoms with Gasteiger partial charge in [-0.2, -0.15) is 0 Å². The Kier molecular flexibility index (Phi) is 3.97. The predicted octanol–water partition coefficient (Wildman–Crippen LogP) is 2.78. The lowest BCUT2D eigenvalue weighted by Gasteiger charge is -2.35. The molecule has 0 spiro atoms. The van der Waals surface area contributed by atoms with E-state index in [1.54, 1.807) is 11.3 Å². The third-order valence-electron chi connectivity index (χ3n) is 3.20. The molecule has 0 fully saturated rings. The Morgan fingerprint density at radius 2 is 2.00 bits per heavy atom. The van der Waals surface area contributed by atoms with Crippen LogP contribution in [-0.4, -0.2) is 18.1 Å². The Hall–Kier alpha value is -0.610. The number of rotatable bonds is 3. The van der Waals surface area contributed by atoms with Crippen LogP contribution in [-0.2, 0) is 6.54 Å². The molecule has 0 radical (unpaired) electrons. The van der Waals surface area contributed by atoms with Gasteiger partial charge in [0.05, 0.1) is 5.69 Å². The summed E-state index contributed by atoms with van der Waals surface area (Å²) in [5, 5.41) is 1.07. The molecule has 92 valence electrons. The number of anilines is 1. The highest BCUT2D eigenvalue weighted by Gasteiger charge is 2.26. The molecule has 4 heteroatoms. The number of aryl methyl sites for hydroxylation is 1. The minimum Gasteiger partial charge on any atom is -0.348 e. The molecule has 0 saturated heterocycles. The zero-order valence-corrected chi connectivity index (χ0v) is 12.0. The summed E-state index contributed by atoms with van der Waals surface area (Å²) in [7, 11) is 2.11. The van der Waals surface area contributed by atoms with Crippen LogP contribution in [0.5, 0.6) is 0 Å². The average Bonchev–Trinajstić information content (AvgIpc) is 2.56. The van der Waals surface area contributed by atoms with E-state index in [1.165, 1.54) is 4.88 Å². The van der Waals surface area contributed by atoms with Crippen LogP contribution in [0.1, 0.15) is 38.3 Å². The third kappa shape index (κ3) is 2.74. The molecule has 0 aromatic carbocycles. The molecule has 0 amide bonds. The lowest BCUT2D eigenvalue weighted by atomic mass is 9.87. The monoisotopic (exact) mass is 241 g/mol. The first kappa shape index (κ1) is 13.5. The Bertz CT molecular complexity index is 352. The van der Waals surface area contributed by atoms with E-state index < -0.39 is 0 Å². The molecule has 1 unspecified atom stereocenters. The largest absolute Gasteiger partial charge is 0.348 e. The van der Waals surface area contributed by atoms with E-state index in [9.17, 15) is 0 Å². The van der Waals surface area contributed by atoms with Gasteiger partial charge in [-0.3, -0.25) is 0 Å². The number of hydrogen-bond donors (Lipinski definition) is 1. The molecule has 0 aliphatic carbocycles. The molecule has 2 N–H and O–H groups in total. The van der Waals surface area contributed by atoms with Crippen molar-refractivity contribution in [3.05, 3.63) is 10.6 Å². The van der Waals surface area contributed by atoms with E-state index in [4.69, 9.17) is 5.73 Å². The molecule has 1 atom stereocenters. The molecule has 1 aromatic rings. The minimum absolute atomic E-state index is 0.247. The molecule has 1 heterocycles. The smallest absolute Gasteiger partial charge is 0.185 e. The second kappa shape index (κ2) is 4.72. The maximum absolute atomic E-state index is 5.68. The van der Waals surface area contributed by atoms with E-state index in [0.717, 1.165) is 10.8 Å². The van der Waals surface area contributed by atoms with Crippen molar-refractivity contribution in [2.45, 2.75) is 47.2 Å². The van der Waals surface area contributed by atoms with Crippen molar-refractivity contribution in [1.82, 2.24) is 4.98 Å². The summed E-state index contributed by atoms with van der Waals surface area (Å²) < 4.78 is 0. The van der Waals surface area contributed by atoms with Gasteiger partial charge in [0.2, 0.25) is 0 Å². The van der Waals surface area contributed by atoms with Gasteiger partial charge < -0.3 is 10.6 Å². The zero-order valence-electron chi connectivity index (χ0n) is 11.2. The predicted molar refractivity (Wildman–Crippen MR) is 72.1 cm³/mol. The zero-order chi connectivity index (χ0) is 12.5. The van der Waals surface area contributed by atoms with Crippen molar-refractivity contribution < 1.29 is 0 Å². The first-order valence-electron chi connectivity index (χ1n) is 5.66. The molecule has 16 heavy (non-hydrogen) atoms.